The van der Waals surface area contributed by atoms with E-state index in [0.29, 0.717) is 5.57 Å². The molecule has 1 saturated carbocycles. The van der Waals surface area contributed by atoms with Crippen molar-refractivity contribution in [2.45, 2.75) is 52.1 Å². The summed E-state index contributed by atoms with van der Waals surface area (Å²) in [6.07, 6.45) is 5.27. The Balaban J connectivity index is 2.28. The molecule has 0 heterocycles. The van der Waals surface area contributed by atoms with E-state index in [1.54, 1.807) is 7.11 Å². The van der Waals surface area contributed by atoms with Crippen LogP contribution in [0.4, 0.5) is 0 Å². The molecule has 3 atom stereocenters. The molecule has 2 aliphatic rings. The molecule has 0 spiro atoms. The summed E-state index contributed by atoms with van der Waals surface area (Å²) in [7, 11) is 1.76. The Hall–Kier alpha value is -1.09. The van der Waals surface area contributed by atoms with Crippen molar-refractivity contribution in [3.63, 3.8) is 0 Å². The van der Waals surface area contributed by atoms with E-state index in [2.05, 4.69) is 20.4 Å². The van der Waals surface area contributed by atoms with Gasteiger partial charge in [0.25, 0.3) is 0 Å². The van der Waals surface area contributed by atoms with Crippen LogP contribution in [0.2, 0.25) is 0 Å². The minimum absolute atomic E-state index is 0.0890. The zero-order valence-electron chi connectivity index (χ0n) is 12.2. The number of hydrogen-bond acceptors (Lipinski definition) is 2. The van der Waals surface area contributed by atoms with E-state index < -0.39 is 5.97 Å². The molecule has 0 radical (unpaired) electrons. The van der Waals surface area contributed by atoms with Crippen LogP contribution in [0, 0.1) is 11.3 Å². The minimum atomic E-state index is -0.856. The van der Waals surface area contributed by atoms with Crippen LogP contribution in [-0.4, -0.2) is 24.3 Å². The Labute approximate surface area is 115 Å². The van der Waals surface area contributed by atoms with Gasteiger partial charge in [-0.05, 0) is 55.9 Å². The van der Waals surface area contributed by atoms with Crippen molar-refractivity contribution >= 4 is 5.97 Å². The lowest BCUT2D eigenvalue weighted by Crippen LogP contribution is -2.36. The third kappa shape index (κ3) is 2.48. The summed E-state index contributed by atoms with van der Waals surface area (Å²) in [5.41, 5.74) is 3.35. The number of carboxylic acids is 1. The highest BCUT2D eigenvalue weighted by Crippen LogP contribution is 2.52. The van der Waals surface area contributed by atoms with Gasteiger partial charge in [0.1, 0.15) is 0 Å². The zero-order chi connectivity index (χ0) is 14.2. The predicted octanol–water partition coefficient (Wildman–Crippen LogP) is 3.56. The summed E-state index contributed by atoms with van der Waals surface area (Å²) in [5.74, 6) is -0.767. The fraction of sp³-hybridized carbons (Fsp3) is 0.688. The Morgan fingerprint density at radius 1 is 1.42 bits per heavy atom. The van der Waals surface area contributed by atoms with Gasteiger partial charge in [-0.2, -0.15) is 0 Å². The first-order valence-electron chi connectivity index (χ1n) is 7.04. The van der Waals surface area contributed by atoms with E-state index in [1.165, 1.54) is 11.1 Å². The molecule has 0 unspecified atom stereocenters. The predicted molar refractivity (Wildman–Crippen MR) is 75.0 cm³/mol. The van der Waals surface area contributed by atoms with Crippen molar-refractivity contribution in [1.29, 1.82) is 0 Å². The first kappa shape index (κ1) is 14.3. The lowest BCUT2D eigenvalue weighted by molar-refractivity contribution is -0.133. The fourth-order valence-electron chi connectivity index (χ4n) is 3.78. The molecule has 1 N–H and O–H groups in total. The molecule has 2 aliphatic carbocycles. The second-order valence-corrected chi connectivity index (χ2v) is 6.26. The van der Waals surface area contributed by atoms with Crippen molar-refractivity contribution in [3.05, 3.63) is 23.3 Å². The minimum Gasteiger partial charge on any atom is -0.478 e. The van der Waals surface area contributed by atoms with Crippen LogP contribution in [-0.2, 0) is 9.53 Å². The van der Waals surface area contributed by atoms with Crippen molar-refractivity contribution in [2.75, 3.05) is 7.11 Å². The molecule has 3 heteroatoms. The maximum atomic E-state index is 11.1. The Morgan fingerprint density at radius 2 is 2.05 bits per heavy atom. The van der Waals surface area contributed by atoms with E-state index in [-0.39, 0.29) is 17.4 Å². The van der Waals surface area contributed by atoms with E-state index in [4.69, 9.17) is 9.84 Å². The van der Waals surface area contributed by atoms with Gasteiger partial charge in [0.05, 0.1) is 6.10 Å². The largest absolute Gasteiger partial charge is 0.478 e. The third-order valence-electron chi connectivity index (χ3n) is 5.19. The Kier molecular flexibility index (Phi) is 3.86. The monoisotopic (exact) mass is 264 g/mol. The van der Waals surface area contributed by atoms with Gasteiger partial charge in [-0.3, -0.25) is 0 Å². The zero-order valence-corrected chi connectivity index (χ0v) is 12.2. The average molecular weight is 264 g/mol. The van der Waals surface area contributed by atoms with Gasteiger partial charge in [-0.15, -0.1) is 0 Å². The quantitative estimate of drug-likeness (QED) is 0.626. The van der Waals surface area contributed by atoms with Gasteiger partial charge in [0, 0.05) is 12.7 Å². The van der Waals surface area contributed by atoms with Crippen LogP contribution in [0.1, 0.15) is 46.0 Å². The number of allylic oxidation sites excluding steroid dienone is 1. The summed E-state index contributed by atoms with van der Waals surface area (Å²) in [6.45, 7) is 8.21. The fourth-order valence-corrected chi connectivity index (χ4v) is 3.78. The van der Waals surface area contributed by atoms with Crippen LogP contribution in [0.25, 0.3) is 0 Å². The molecule has 0 amide bonds. The van der Waals surface area contributed by atoms with Crippen molar-refractivity contribution in [1.82, 2.24) is 0 Å². The number of carboxylic acid groups (broad SMARTS) is 1. The van der Waals surface area contributed by atoms with E-state index >= 15 is 0 Å². The highest BCUT2D eigenvalue weighted by molar-refractivity contribution is 5.86. The van der Waals surface area contributed by atoms with Crippen molar-refractivity contribution < 1.29 is 14.6 Å². The number of fused-ring (bicyclic) bond motifs is 1. The normalized spacial score (nSPS) is 34.9. The van der Waals surface area contributed by atoms with Crippen molar-refractivity contribution in [3.8, 4) is 0 Å². The molecule has 2 rings (SSSR count). The number of rotatable bonds is 3. The smallest absolute Gasteiger partial charge is 0.331 e. The second-order valence-electron chi connectivity index (χ2n) is 6.26. The van der Waals surface area contributed by atoms with Crippen molar-refractivity contribution in [2.24, 2.45) is 11.3 Å². The van der Waals surface area contributed by atoms with E-state index in [0.717, 1.165) is 32.1 Å². The summed E-state index contributed by atoms with van der Waals surface area (Å²) >= 11 is 0. The Morgan fingerprint density at radius 3 is 2.63 bits per heavy atom. The van der Waals surface area contributed by atoms with Crippen LogP contribution < -0.4 is 0 Å². The third-order valence-corrected chi connectivity index (χ3v) is 5.19. The van der Waals surface area contributed by atoms with Gasteiger partial charge in [0.15, 0.2) is 0 Å². The molecule has 106 valence electrons. The highest BCUT2D eigenvalue weighted by Gasteiger charge is 2.41. The van der Waals surface area contributed by atoms with Crippen LogP contribution >= 0.6 is 0 Å². The molecular weight excluding hydrogens is 240 g/mol. The Bertz CT molecular complexity index is 435. The average Bonchev–Trinajstić information content (AvgIpc) is 2.38. The number of hydrogen-bond donors (Lipinski definition) is 1. The van der Waals surface area contributed by atoms with Gasteiger partial charge >= 0.3 is 5.97 Å². The molecule has 3 nitrogen and oxygen atoms in total. The topological polar surface area (TPSA) is 46.5 Å². The molecule has 1 fully saturated rings. The molecular formula is C16H24O3. The van der Waals surface area contributed by atoms with Gasteiger partial charge in [-0.1, -0.05) is 19.1 Å². The lowest BCUT2D eigenvalue weighted by atomic mass is 9.60. The molecule has 0 bridgehead atoms. The lowest BCUT2D eigenvalue weighted by Gasteiger charge is -2.46. The molecule has 0 aromatic heterocycles. The van der Waals surface area contributed by atoms with E-state index in [9.17, 15) is 4.79 Å². The summed E-state index contributed by atoms with van der Waals surface area (Å²) < 4.78 is 5.54. The second kappa shape index (κ2) is 5.12. The maximum absolute atomic E-state index is 11.1. The van der Waals surface area contributed by atoms with E-state index in [1.807, 2.05) is 0 Å². The number of ether oxygens (including phenoxy) is 1. The molecule has 19 heavy (non-hydrogen) atoms. The number of methoxy groups -OCH3 is 1. The molecule has 0 saturated heterocycles. The number of aliphatic carboxylic acids is 1. The van der Waals surface area contributed by atoms with Crippen LogP contribution in [0.5, 0.6) is 0 Å². The number of carbonyl (C=O) groups is 1. The van der Waals surface area contributed by atoms with Gasteiger partial charge < -0.3 is 9.84 Å². The van der Waals surface area contributed by atoms with Crippen LogP contribution in [0.3, 0.4) is 0 Å². The summed E-state index contributed by atoms with van der Waals surface area (Å²) in [5, 5.41) is 9.12. The molecule has 0 aromatic carbocycles. The maximum Gasteiger partial charge on any atom is 0.331 e. The summed E-state index contributed by atoms with van der Waals surface area (Å²) in [4.78, 5) is 11.1. The SMILES string of the molecule is C=C(C(=O)O)[C@@H]1CC[C@@]2(C)CC[C@H](OC)C(C)=C2C1. The first-order valence-corrected chi connectivity index (χ1v) is 7.04. The summed E-state index contributed by atoms with van der Waals surface area (Å²) in [6, 6.07) is 0. The molecule has 0 aliphatic heterocycles. The highest BCUT2D eigenvalue weighted by atomic mass is 16.5. The van der Waals surface area contributed by atoms with Gasteiger partial charge in [-0.25, -0.2) is 4.79 Å². The van der Waals surface area contributed by atoms with Crippen LogP contribution in [0.15, 0.2) is 23.3 Å². The van der Waals surface area contributed by atoms with Gasteiger partial charge in [0.2, 0.25) is 0 Å². The first-order chi connectivity index (χ1) is 8.89. The standard InChI is InChI=1S/C16H24O3/c1-10(15(17)18)12-5-7-16(3)8-6-14(19-4)11(2)13(16)9-12/h12,14H,1,5-9H2,2-4H3,(H,17,18)/t12-,14+,16+/m1/s1. The molecule has 0 aromatic rings.